The summed E-state index contributed by atoms with van der Waals surface area (Å²) in [6, 6.07) is 16.6. The molecule has 0 bridgehead atoms. The van der Waals surface area contributed by atoms with E-state index in [0.717, 1.165) is 33.0 Å². The molecule has 0 fully saturated rings. The molecule has 106 valence electrons. The van der Waals surface area contributed by atoms with E-state index in [4.69, 9.17) is 8.83 Å². The molecule has 0 radical (unpaired) electrons. The van der Waals surface area contributed by atoms with Crippen LogP contribution in [0.25, 0.3) is 39.0 Å². The standard InChI is InChI=1S/C17H11N3O2/c1-10-18-19-17(21-10)20-13-8-4-2-6-11(13)15-12-7-3-5-9-14(12)22-16(15)20/h2-9H,1H3. The summed E-state index contributed by atoms with van der Waals surface area (Å²) in [6.07, 6.45) is 0. The Hall–Kier alpha value is -3.08. The van der Waals surface area contributed by atoms with Crippen LogP contribution in [0.2, 0.25) is 0 Å². The number of para-hydroxylation sites is 2. The zero-order valence-electron chi connectivity index (χ0n) is 11.8. The number of fused-ring (bicyclic) bond motifs is 5. The summed E-state index contributed by atoms with van der Waals surface area (Å²) in [5.74, 6) is 0.525. The van der Waals surface area contributed by atoms with E-state index in [1.165, 1.54) is 0 Å². The molecular formula is C17H11N3O2. The maximum Gasteiger partial charge on any atom is 0.329 e. The van der Waals surface area contributed by atoms with E-state index in [-0.39, 0.29) is 0 Å². The molecule has 22 heavy (non-hydrogen) atoms. The number of aromatic nitrogens is 3. The smallest absolute Gasteiger partial charge is 0.329 e. The molecule has 5 heteroatoms. The van der Waals surface area contributed by atoms with E-state index in [2.05, 4.69) is 22.3 Å². The molecule has 0 unspecified atom stereocenters. The van der Waals surface area contributed by atoms with Crippen LogP contribution in [-0.4, -0.2) is 14.8 Å². The summed E-state index contributed by atoms with van der Waals surface area (Å²) < 4.78 is 13.6. The summed E-state index contributed by atoms with van der Waals surface area (Å²) in [5.41, 5.74) is 2.57. The van der Waals surface area contributed by atoms with Gasteiger partial charge in [0.05, 0.1) is 10.9 Å². The summed E-state index contributed by atoms with van der Waals surface area (Å²) >= 11 is 0. The quantitative estimate of drug-likeness (QED) is 0.463. The van der Waals surface area contributed by atoms with Gasteiger partial charge in [-0.25, -0.2) is 4.57 Å². The molecule has 5 aromatic rings. The van der Waals surface area contributed by atoms with Gasteiger partial charge in [-0.3, -0.25) is 0 Å². The Kier molecular flexibility index (Phi) is 2.09. The molecule has 0 aliphatic carbocycles. The monoisotopic (exact) mass is 289 g/mol. The summed E-state index contributed by atoms with van der Waals surface area (Å²) in [4.78, 5) is 0. The molecule has 0 atom stereocenters. The van der Waals surface area contributed by atoms with Crippen molar-refractivity contribution in [3.05, 3.63) is 54.4 Å². The van der Waals surface area contributed by atoms with Crippen LogP contribution in [0.3, 0.4) is 0 Å². The normalized spacial score (nSPS) is 11.9. The van der Waals surface area contributed by atoms with Crippen molar-refractivity contribution in [2.24, 2.45) is 0 Å². The van der Waals surface area contributed by atoms with E-state index >= 15 is 0 Å². The lowest BCUT2D eigenvalue weighted by Gasteiger charge is -1.98. The van der Waals surface area contributed by atoms with E-state index < -0.39 is 0 Å². The highest BCUT2D eigenvalue weighted by Gasteiger charge is 2.21. The zero-order valence-corrected chi connectivity index (χ0v) is 11.8. The number of hydrogen-bond donors (Lipinski definition) is 0. The molecule has 2 aromatic carbocycles. The highest BCUT2D eigenvalue weighted by Crippen LogP contribution is 2.38. The second kappa shape index (κ2) is 3.98. The van der Waals surface area contributed by atoms with Crippen LogP contribution in [0.15, 0.2) is 57.4 Å². The third-order valence-corrected chi connectivity index (χ3v) is 3.90. The van der Waals surface area contributed by atoms with E-state index in [9.17, 15) is 0 Å². The molecule has 0 saturated heterocycles. The van der Waals surface area contributed by atoms with E-state index in [1.54, 1.807) is 6.92 Å². The summed E-state index contributed by atoms with van der Waals surface area (Å²) in [5, 5.41) is 11.3. The highest BCUT2D eigenvalue weighted by atomic mass is 16.4. The van der Waals surface area contributed by atoms with Gasteiger partial charge < -0.3 is 8.83 Å². The number of hydrogen-bond acceptors (Lipinski definition) is 4. The van der Waals surface area contributed by atoms with Gasteiger partial charge in [0.2, 0.25) is 11.6 Å². The fourth-order valence-corrected chi connectivity index (χ4v) is 3.01. The van der Waals surface area contributed by atoms with Gasteiger partial charge in [-0.2, -0.15) is 0 Å². The van der Waals surface area contributed by atoms with Crippen molar-refractivity contribution in [2.45, 2.75) is 6.92 Å². The predicted molar refractivity (Wildman–Crippen MR) is 83.1 cm³/mol. The lowest BCUT2D eigenvalue weighted by molar-refractivity contribution is 0.495. The second-order valence-corrected chi connectivity index (χ2v) is 5.23. The fourth-order valence-electron chi connectivity index (χ4n) is 3.01. The molecule has 0 aliphatic rings. The van der Waals surface area contributed by atoms with Crippen molar-refractivity contribution in [3.8, 4) is 6.01 Å². The maximum atomic E-state index is 6.07. The molecule has 5 nitrogen and oxygen atoms in total. The van der Waals surface area contributed by atoms with Gasteiger partial charge in [0.1, 0.15) is 5.58 Å². The molecular weight excluding hydrogens is 278 g/mol. The molecule has 3 aromatic heterocycles. The lowest BCUT2D eigenvalue weighted by Crippen LogP contribution is -1.93. The molecule has 0 N–H and O–H groups in total. The van der Waals surface area contributed by atoms with Gasteiger partial charge in [0.25, 0.3) is 0 Å². The summed E-state index contributed by atoms with van der Waals surface area (Å²) in [6.45, 7) is 1.78. The molecule has 0 saturated carbocycles. The maximum absolute atomic E-state index is 6.07. The summed E-state index contributed by atoms with van der Waals surface area (Å²) in [7, 11) is 0. The van der Waals surface area contributed by atoms with Crippen molar-refractivity contribution in [2.75, 3.05) is 0 Å². The minimum Gasteiger partial charge on any atom is -0.439 e. The van der Waals surface area contributed by atoms with Crippen LogP contribution in [-0.2, 0) is 0 Å². The average Bonchev–Trinajstić information content (AvgIpc) is 3.19. The second-order valence-electron chi connectivity index (χ2n) is 5.23. The Bertz CT molecular complexity index is 1150. The van der Waals surface area contributed by atoms with Crippen molar-refractivity contribution in [3.63, 3.8) is 0 Å². The van der Waals surface area contributed by atoms with Gasteiger partial charge in [-0.1, -0.05) is 41.5 Å². The highest BCUT2D eigenvalue weighted by molar-refractivity contribution is 6.19. The molecule has 0 spiro atoms. The minimum absolute atomic E-state index is 0.419. The van der Waals surface area contributed by atoms with Gasteiger partial charge in [-0.15, -0.1) is 5.10 Å². The SMILES string of the molecule is Cc1nnc(-n2c3ccccc3c3c4ccccc4oc32)o1. The van der Waals surface area contributed by atoms with Gasteiger partial charge in [-0.05, 0) is 12.1 Å². The molecule has 0 amide bonds. The first-order valence-corrected chi connectivity index (χ1v) is 7.04. The van der Waals surface area contributed by atoms with Crippen molar-refractivity contribution < 1.29 is 8.83 Å². The molecule has 3 heterocycles. The number of benzene rings is 2. The molecule has 0 aliphatic heterocycles. The third-order valence-electron chi connectivity index (χ3n) is 3.90. The topological polar surface area (TPSA) is 57.0 Å². The van der Waals surface area contributed by atoms with Gasteiger partial charge in [0.15, 0.2) is 0 Å². The number of aryl methyl sites for hydroxylation is 1. The predicted octanol–water partition coefficient (Wildman–Crippen LogP) is 4.22. The molecule has 5 rings (SSSR count). The Morgan fingerprint density at radius 2 is 1.64 bits per heavy atom. The number of furan rings is 1. The van der Waals surface area contributed by atoms with Gasteiger partial charge in [0, 0.05) is 17.7 Å². The zero-order chi connectivity index (χ0) is 14.7. The van der Waals surface area contributed by atoms with Crippen LogP contribution in [0, 0.1) is 6.92 Å². The Morgan fingerprint density at radius 1 is 0.864 bits per heavy atom. The number of nitrogens with zero attached hydrogens (tertiary/aromatic N) is 3. The third kappa shape index (κ3) is 1.37. The first-order valence-electron chi connectivity index (χ1n) is 7.04. The number of rotatable bonds is 1. The Labute approximate surface area is 124 Å². The van der Waals surface area contributed by atoms with E-state index in [0.29, 0.717) is 11.9 Å². The van der Waals surface area contributed by atoms with Crippen molar-refractivity contribution >= 4 is 33.0 Å². The van der Waals surface area contributed by atoms with Crippen LogP contribution in [0.5, 0.6) is 0 Å². The van der Waals surface area contributed by atoms with Crippen LogP contribution in [0.4, 0.5) is 0 Å². The fraction of sp³-hybridized carbons (Fsp3) is 0.0588. The van der Waals surface area contributed by atoms with E-state index in [1.807, 2.05) is 41.0 Å². The Balaban J connectivity index is 2.06. The first kappa shape index (κ1) is 11.6. The minimum atomic E-state index is 0.419. The van der Waals surface area contributed by atoms with Crippen molar-refractivity contribution in [1.82, 2.24) is 14.8 Å². The lowest BCUT2D eigenvalue weighted by atomic mass is 10.1. The average molecular weight is 289 g/mol. The van der Waals surface area contributed by atoms with Crippen molar-refractivity contribution in [1.29, 1.82) is 0 Å². The van der Waals surface area contributed by atoms with Crippen LogP contribution in [0.1, 0.15) is 5.89 Å². The largest absolute Gasteiger partial charge is 0.439 e. The van der Waals surface area contributed by atoms with Gasteiger partial charge >= 0.3 is 6.01 Å². The van der Waals surface area contributed by atoms with Crippen LogP contribution >= 0.6 is 0 Å². The van der Waals surface area contributed by atoms with Crippen LogP contribution < -0.4 is 0 Å². The first-order chi connectivity index (χ1) is 10.8. The Morgan fingerprint density at radius 3 is 2.45 bits per heavy atom.